The molecule has 1 atom stereocenters. The number of aryl methyl sites for hydroxylation is 1. The van der Waals surface area contributed by atoms with Crippen molar-refractivity contribution in [3.63, 3.8) is 0 Å². The molecule has 1 unspecified atom stereocenters. The van der Waals surface area contributed by atoms with Gasteiger partial charge < -0.3 is 10.0 Å². The van der Waals surface area contributed by atoms with Crippen LogP contribution < -0.4 is 4.90 Å². The summed E-state index contributed by atoms with van der Waals surface area (Å²) in [6, 6.07) is 0.201. The third-order valence-electron chi connectivity index (χ3n) is 2.58. The van der Waals surface area contributed by atoms with Gasteiger partial charge >= 0.3 is 5.97 Å². The molecule has 5 heteroatoms. The number of rotatable bonds is 6. The van der Waals surface area contributed by atoms with Crippen molar-refractivity contribution >= 4 is 22.4 Å². The topological polar surface area (TPSA) is 53.4 Å². The molecule has 0 saturated heterocycles. The van der Waals surface area contributed by atoms with Gasteiger partial charge in [0.05, 0.1) is 5.69 Å². The van der Waals surface area contributed by atoms with E-state index >= 15 is 0 Å². The van der Waals surface area contributed by atoms with Crippen molar-refractivity contribution in [1.29, 1.82) is 0 Å². The van der Waals surface area contributed by atoms with Gasteiger partial charge in [-0.05, 0) is 19.8 Å². The summed E-state index contributed by atoms with van der Waals surface area (Å²) in [4.78, 5) is 17.1. The first-order valence-corrected chi connectivity index (χ1v) is 6.39. The molecule has 1 rings (SSSR count). The van der Waals surface area contributed by atoms with Crippen molar-refractivity contribution in [3.05, 3.63) is 11.1 Å². The Morgan fingerprint density at radius 3 is 2.75 bits per heavy atom. The van der Waals surface area contributed by atoms with E-state index < -0.39 is 5.97 Å². The SMILES string of the molecule is CCc1csc(N(CC(=O)O)C(C)CC)n1. The molecule has 1 heterocycles. The van der Waals surface area contributed by atoms with E-state index in [2.05, 4.69) is 4.98 Å². The predicted molar refractivity (Wildman–Crippen MR) is 66.2 cm³/mol. The van der Waals surface area contributed by atoms with E-state index in [0.717, 1.165) is 23.7 Å². The minimum atomic E-state index is -0.812. The maximum Gasteiger partial charge on any atom is 0.323 e. The van der Waals surface area contributed by atoms with Crippen LogP contribution in [-0.4, -0.2) is 28.6 Å². The number of hydrogen-bond donors (Lipinski definition) is 1. The van der Waals surface area contributed by atoms with Crippen LogP contribution in [0, 0.1) is 0 Å². The highest BCUT2D eigenvalue weighted by atomic mass is 32.1. The molecule has 0 fully saturated rings. The third-order valence-corrected chi connectivity index (χ3v) is 3.50. The van der Waals surface area contributed by atoms with Gasteiger partial charge in [0.25, 0.3) is 0 Å². The van der Waals surface area contributed by atoms with Gasteiger partial charge in [-0.1, -0.05) is 13.8 Å². The number of nitrogens with zero attached hydrogens (tertiary/aromatic N) is 2. The average Bonchev–Trinajstić information content (AvgIpc) is 2.72. The van der Waals surface area contributed by atoms with E-state index in [4.69, 9.17) is 5.11 Å². The van der Waals surface area contributed by atoms with Gasteiger partial charge in [-0.3, -0.25) is 4.79 Å². The summed E-state index contributed by atoms with van der Waals surface area (Å²) >= 11 is 1.52. The van der Waals surface area contributed by atoms with E-state index in [-0.39, 0.29) is 12.6 Å². The van der Waals surface area contributed by atoms with Crippen LogP contribution in [0.2, 0.25) is 0 Å². The van der Waals surface area contributed by atoms with Gasteiger partial charge in [0.2, 0.25) is 0 Å². The number of aromatic nitrogens is 1. The second-order valence-electron chi connectivity index (χ2n) is 3.75. The van der Waals surface area contributed by atoms with Gasteiger partial charge in [-0.15, -0.1) is 11.3 Å². The van der Waals surface area contributed by atoms with Crippen LogP contribution in [-0.2, 0) is 11.2 Å². The summed E-state index contributed by atoms with van der Waals surface area (Å²) in [5.74, 6) is -0.812. The van der Waals surface area contributed by atoms with Gasteiger partial charge in [0.15, 0.2) is 5.13 Å². The number of anilines is 1. The van der Waals surface area contributed by atoms with Gasteiger partial charge in [0.1, 0.15) is 6.54 Å². The molecule has 4 nitrogen and oxygen atoms in total. The zero-order chi connectivity index (χ0) is 12.1. The molecule has 1 aromatic heterocycles. The van der Waals surface area contributed by atoms with Crippen LogP contribution in [0.1, 0.15) is 32.9 Å². The summed E-state index contributed by atoms with van der Waals surface area (Å²) in [5, 5.41) is 11.7. The normalized spacial score (nSPS) is 12.4. The Hall–Kier alpha value is -1.10. The number of thiazole rings is 1. The van der Waals surface area contributed by atoms with Crippen molar-refractivity contribution in [3.8, 4) is 0 Å². The first-order chi connectivity index (χ1) is 7.58. The molecule has 0 amide bonds. The van der Waals surface area contributed by atoms with Crippen molar-refractivity contribution in [1.82, 2.24) is 4.98 Å². The summed E-state index contributed by atoms with van der Waals surface area (Å²) in [7, 11) is 0. The quantitative estimate of drug-likeness (QED) is 0.832. The lowest BCUT2D eigenvalue weighted by atomic mass is 10.2. The lowest BCUT2D eigenvalue weighted by Gasteiger charge is -2.26. The lowest BCUT2D eigenvalue weighted by Crippen LogP contribution is -2.37. The number of aliphatic carboxylic acids is 1. The van der Waals surface area contributed by atoms with Crippen LogP contribution in [0.5, 0.6) is 0 Å². The fourth-order valence-corrected chi connectivity index (χ4v) is 2.38. The highest BCUT2D eigenvalue weighted by molar-refractivity contribution is 7.13. The van der Waals surface area contributed by atoms with E-state index in [1.807, 2.05) is 31.1 Å². The molecule has 1 N–H and O–H groups in total. The minimum absolute atomic E-state index is 0.0195. The lowest BCUT2D eigenvalue weighted by molar-refractivity contribution is -0.135. The molecule has 0 aliphatic heterocycles. The molecule has 90 valence electrons. The fraction of sp³-hybridized carbons (Fsp3) is 0.636. The first-order valence-electron chi connectivity index (χ1n) is 5.51. The number of carboxylic acid groups (broad SMARTS) is 1. The monoisotopic (exact) mass is 242 g/mol. The van der Waals surface area contributed by atoms with E-state index in [9.17, 15) is 4.79 Å². The number of carboxylic acids is 1. The highest BCUT2D eigenvalue weighted by Crippen LogP contribution is 2.23. The summed E-state index contributed by atoms with van der Waals surface area (Å²) < 4.78 is 0. The van der Waals surface area contributed by atoms with E-state index in [1.165, 1.54) is 11.3 Å². The molecular weight excluding hydrogens is 224 g/mol. The molecule has 0 radical (unpaired) electrons. The Bertz CT molecular complexity index is 352. The average molecular weight is 242 g/mol. The van der Waals surface area contributed by atoms with Crippen molar-refractivity contribution in [2.75, 3.05) is 11.4 Å². The van der Waals surface area contributed by atoms with Crippen molar-refractivity contribution in [2.24, 2.45) is 0 Å². The smallest absolute Gasteiger partial charge is 0.323 e. The number of carbonyl (C=O) groups is 1. The molecule has 0 spiro atoms. The summed E-state index contributed by atoms with van der Waals surface area (Å²) in [5.41, 5.74) is 1.03. The van der Waals surface area contributed by atoms with Gasteiger partial charge in [0, 0.05) is 11.4 Å². The third kappa shape index (κ3) is 3.20. The molecule has 0 aromatic carbocycles. The Kier molecular flexibility index (Phi) is 4.73. The van der Waals surface area contributed by atoms with Crippen LogP contribution in [0.4, 0.5) is 5.13 Å². The van der Waals surface area contributed by atoms with Crippen LogP contribution >= 0.6 is 11.3 Å². The Morgan fingerprint density at radius 2 is 2.31 bits per heavy atom. The summed E-state index contributed by atoms with van der Waals surface area (Å²) in [6.07, 6.45) is 1.80. The van der Waals surface area contributed by atoms with E-state index in [0.29, 0.717) is 0 Å². The Morgan fingerprint density at radius 1 is 1.62 bits per heavy atom. The van der Waals surface area contributed by atoms with Crippen molar-refractivity contribution in [2.45, 2.75) is 39.7 Å². The highest BCUT2D eigenvalue weighted by Gasteiger charge is 2.18. The van der Waals surface area contributed by atoms with Crippen LogP contribution in [0.3, 0.4) is 0 Å². The van der Waals surface area contributed by atoms with E-state index in [1.54, 1.807) is 0 Å². The maximum atomic E-state index is 10.8. The molecule has 1 aromatic rings. The molecule has 0 saturated carbocycles. The Balaban J connectivity index is 2.86. The molecule has 0 aliphatic rings. The zero-order valence-electron chi connectivity index (χ0n) is 9.93. The predicted octanol–water partition coefficient (Wildman–Crippen LogP) is 2.40. The van der Waals surface area contributed by atoms with Crippen molar-refractivity contribution < 1.29 is 9.90 Å². The second-order valence-corrected chi connectivity index (χ2v) is 4.59. The minimum Gasteiger partial charge on any atom is -0.480 e. The fourth-order valence-electron chi connectivity index (χ4n) is 1.37. The molecule has 0 aliphatic carbocycles. The number of hydrogen-bond acceptors (Lipinski definition) is 4. The zero-order valence-corrected chi connectivity index (χ0v) is 10.8. The van der Waals surface area contributed by atoms with Gasteiger partial charge in [-0.25, -0.2) is 4.98 Å². The molecule has 16 heavy (non-hydrogen) atoms. The van der Waals surface area contributed by atoms with Gasteiger partial charge in [-0.2, -0.15) is 0 Å². The maximum absolute atomic E-state index is 10.8. The molecule has 0 bridgehead atoms. The molecular formula is C11H18N2O2S. The largest absolute Gasteiger partial charge is 0.480 e. The first kappa shape index (κ1) is 13.0. The standard InChI is InChI=1S/C11H18N2O2S/c1-4-8(3)13(6-10(14)15)11-12-9(5-2)7-16-11/h7-8H,4-6H2,1-3H3,(H,14,15). The second kappa shape index (κ2) is 5.84. The Labute approximate surface area is 99.9 Å². The van der Waals surface area contributed by atoms with Crippen LogP contribution in [0.25, 0.3) is 0 Å². The van der Waals surface area contributed by atoms with Crippen LogP contribution in [0.15, 0.2) is 5.38 Å². The summed E-state index contributed by atoms with van der Waals surface area (Å²) in [6.45, 7) is 6.14.